The zero-order chi connectivity index (χ0) is 13.7. The third-order valence-electron chi connectivity index (χ3n) is 3.08. The summed E-state index contributed by atoms with van der Waals surface area (Å²) in [6.07, 6.45) is 0. The number of benzene rings is 1. The summed E-state index contributed by atoms with van der Waals surface area (Å²) in [5.41, 5.74) is 0. The second-order valence-electron chi connectivity index (χ2n) is 4.36. The van der Waals surface area contributed by atoms with Crippen molar-refractivity contribution in [3.63, 3.8) is 0 Å². The second-order valence-corrected chi connectivity index (χ2v) is 6.07. The maximum Gasteiger partial charge on any atom is 0.134 e. The van der Waals surface area contributed by atoms with Gasteiger partial charge < -0.3 is 14.8 Å². The third-order valence-corrected chi connectivity index (χ3v) is 4.32. The largest absolute Gasteiger partial charge is 0.496 e. The summed E-state index contributed by atoms with van der Waals surface area (Å²) in [7, 11) is 1.65. The number of halogens is 2. The Morgan fingerprint density at radius 1 is 1.16 bits per heavy atom. The van der Waals surface area contributed by atoms with E-state index in [-0.39, 0.29) is 0 Å². The number of nitrogens with zero attached hydrogens (tertiary/aromatic N) is 1. The standard InChI is InChI=1S/C13H18Br2N2O2/c1-18-12-8-11(15)13(9-10(12)14)19-7-6-17-4-2-16-3-5-17/h8-9,16H,2-7H2,1H3. The smallest absolute Gasteiger partial charge is 0.134 e. The molecular weight excluding hydrogens is 376 g/mol. The fourth-order valence-electron chi connectivity index (χ4n) is 2.00. The number of hydrogen-bond donors (Lipinski definition) is 1. The molecule has 0 aromatic heterocycles. The minimum Gasteiger partial charge on any atom is -0.496 e. The molecule has 0 unspecified atom stereocenters. The van der Waals surface area contributed by atoms with Gasteiger partial charge in [0.15, 0.2) is 0 Å². The van der Waals surface area contributed by atoms with Gasteiger partial charge in [0.25, 0.3) is 0 Å². The SMILES string of the molecule is COc1cc(Br)c(OCCN2CCNCC2)cc1Br. The van der Waals surface area contributed by atoms with E-state index in [4.69, 9.17) is 9.47 Å². The van der Waals surface area contributed by atoms with E-state index in [2.05, 4.69) is 42.1 Å². The summed E-state index contributed by atoms with van der Waals surface area (Å²) >= 11 is 6.96. The molecule has 4 nitrogen and oxygen atoms in total. The van der Waals surface area contributed by atoms with Crippen LogP contribution in [0.25, 0.3) is 0 Å². The minimum atomic E-state index is 0.692. The van der Waals surface area contributed by atoms with Gasteiger partial charge in [-0.2, -0.15) is 0 Å². The topological polar surface area (TPSA) is 33.7 Å². The highest BCUT2D eigenvalue weighted by Crippen LogP contribution is 2.35. The molecule has 0 atom stereocenters. The predicted octanol–water partition coefficient (Wildman–Crippen LogP) is 2.50. The molecule has 1 N–H and O–H groups in total. The van der Waals surface area contributed by atoms with Gasteiger partial charge in [-0.3, -0.25) is 4.90 Å². The first-order valence-corrected chi connectivity index (χ1v) is 7.88. The van der Waals surface area contributed by atoms with Crippen LogP contribution in [0.3, 0.4) is 0 Å². The molecule has 1 aromatic carbocycles. The van der Waals surface area contributed by atoms with Crippen molar-refractivity contribution in [2.75, 3.05) is 46.4 Å². The molecule has 1 fully saturated rings. The molecule has 106 valence electrons. The van der Waals surface area contributed by atoms with Crippen molar-refractivity contribution in [1.29, 1.82) is 0 Å². The van der Waals surface area contributed by atoms with E-state index >= 15 is 0 Å². The minimum absolute atomic E-state index is 0.692. The van der Waals surface area contributed by atoms with Crippen LogP contribution in [-0.2, 0) is 0 Å². The highest BCUT2D eigenvalue weighted by Gasteiger charge is 2.11. The Morgan fingerprint density at radius 3 is 2.47 bits per heavy atom. The summed E-state index contributed by atoms with van der Waals surface area (Å²) in [4.78, 5) is 2.41. The van der Waals surface area contributed by atoms with Crippen LogP contribution in [-0.4, -0.2) is 51.3 Å². The van der Waals surface area contributed by atoms with E-state index in [1.807, 2.05) is 12.1 Å². The van der Waals surface area contributed by atoms with Crippen molar-refractivity contribution in [2.45, 2.75) is 0 Å². The predicted molar refractivity (Wildman–Crippen MR) is 83.2 cm³/mol. The first-order valence-electron chi connectivity index (χ1n) is 6.29. The summed E-state index contributed by atoms with van der Waals surface area (Å²) in [6.45, 7) is 5.97. The molecule has 0 amide bonds. The van der Waals surface area contributed by atoms with Gasteiger partial charge in [0, 0.05) is 32.7 Å². The molecule has 0 aliphatic carbocycles. The Kier molecular flexibility index (Phi) is 5.94. The van der Waals surface area contributed by atoms with E-state index < -0.39 is 0 Å². The monoisotopic (exact) mass is 392 g/mol. The number of piperazine rings is 1. The summed E-state index contributed by atoms with van der Waals surface area (Å²) < 4.78 is 12.9. The molecule has 1 aliphatic rings. The number of methoxy groups -OCH3 is 1. The molecule has 0 saturated carbocycles. The van der Waals surface area contributed by atoms with Gasteiger partial charge in [-0.05, 0) is 44.0 Å². The Bertz CT molecular complexity index is 423. The molecule has 0 bridgehead atoms. The van der Waals surface area contributed by atoms with E-state index in [0.29, 0.717) is 6.61 Å². The fourth-order valence-corrected chi connectivity index (χ4v) is 2.92. The molecule has 6 heteroatoms. The van der Waals surface area contributed by atoms with Crippen LogP contribution in [0.15, 0.2) is 21.1 Å². The van der Waals surface area contributed by atoms with Crippen LogP contribution < -0.4 is 14.8 Å². The van der Waals surface area contributed by atoms with Crippen LogP contribution >= 0.6 is 31.9 Å². The van der Waals surface area contributed by atoms with Gasteiger partial charge >= 0.3 is 0 Å². The molecular formula is C13H18Br2N2O2. The van der Waals surface area contributed by atoms with Crippen LogP contribution in [0.2, 0.25) is 0 Å². The first-order chi connectivity index (χ1) is 9.20. The van der Waals surface area contributed by atoms with Crippen LogP contribution in [0.1, 0.15) is 0 Å². The molecule has 1 heterocycles. The van der Waals surface area contributed by atoms with Crippen molar-refractivity contribution in [2.24, 2.45) is 0 Å². The van der Waals surface area contributed by atoms with Crippen molar-refractivity contribution in [3.8, 4) is 11.5 Å². The molecule has 19 heavy (non-hydrogen) atoms. The van der Waals surface area contributed by atoms with E-state index in [0.717, 1.165) is 53.2 Å². The lowest BCUT2D eigenvalue weighted by molar-refractivity contribution is 0.190. The maximum absolute atomic E-state index is 5.83. The van der Waals surface area contributed by atoms with Crippen molar-refractivity contribution in [1.82, 2.24) is 10.2 Å². The Morgan fingerprint density at radius 2 is 1.79 bits per heavy atom. The van der Waals surface area contributed by atoms with Crippen LogP contribution in [0.4, 0.5) is 0 Å². The first kappa shape index (κ1) is 15.1. The molecule has 0 spiro atoms. The Labute approximate surface area is 130 Å². The molecule has 0 radical (unpaired) electrons. The summed E-state index contributed by atoms with van der Waals surface area (Å²) in [5.74, 6) is 1.63. The number of ether oxygens (including phenoxy) is 2. The van der Waals surface area contributed by atoms with Crippen molar-refractivity contribution in [3.05, 3.63) is 21.1 Å². The molecule has 1 aromatic rings. The third kappa shape index (κ3) is 4.34. The summed E-state index contributed by atoms with van der Waals surface area (Å²) in [6, 6.07) is 3.84. The van der Waals surface area contributed by atoms with Crippen LogP contribution in [0.5, 0.6) is 11.5 Å². The highest BCUT2D eigenvalue weighted by molar-refractivity contribution is 9.11. The zero-order valence-corrected chi connectivity index (χ0v) is 14.1. The zero-order valence-electron chi connectivity index (χ0n) is 10.9. The number of rotatable bonds is 5. The van der Waals surface area contributed by atoms with E-state index in [1.54, 1.807) is 7.11 Å². The number of nitrogens with one attached hydrogen (secondary N) is 1. The van der Waals surface area contributed by atoms with E-state index in [9.17, 15) is 0 Å². The highest BCUT2D eigenvalue weighted by atomic mass is 79.9. The van der Waals surface area contributed by atoms with Crippen LogP contribution in [0, 0.1) is 0 Å². The molecule has 1 saturated heterocycles. The number of hydrogen-bond acceptors (Lipinski definition) is 4. The lowest BCUT2D eigenvalue weighted by atomic mass is 10.3. The second kappa shape index (κ2) is 7.47. The normalized spacial score (nSPS) is 16.4. The fraction of sp³-hybridized carbons (Fsp3) is 0.538. The van der Waals surface area contributed by atoms with Gasteiger partial charge in [-0.15, -0.1) is 0 Å². The van der Waals surface area contributed by atoms with Crippen molar-refractivity contribution < 1.29 is 9.47 Å². The van der Waals surface area contributed by atoms with Gasteiger partial charge in [0.05, 0.1) is 16.1 Å². The van der Waals surface area contributed by atoms with Crippen molar-refractivity contribution >= 4 is 31.9 Å². The summed E-state index contributed by atoms with van der Waals surface area (Å²) in [5, 5.41) is 3.34. The maximum atomic E-state index is 5.83. The lowest BCUT2D eigenvalue weighted by Gasteiger charge is -2.27. The average molecular weight is 394 g/mol. The van der Waals surface area contributed by atoms with E-state index in [1.165, 1.54) is 0 Å². The van der Waals surface area contributed by atoms with Gasteiger partial charge in [0.2, 0.25) is 0 Å². The van der Waals surface area contributed by atoms with Gasteiger partial charge in [-0.25, -0.2) is 0 Å². The van der Waals surface area contributed by atoms with Gasteiger partial charge in [0.1, 0.15) is 18.1 Å². The Balaban J connectivity index is 1.86. The van der Waals surface area contributed by atoms with Gasteiger partial charge in [-0.1, -0.05) is 0 Å². The molecule has 1 aliphatic heterocycles. The quantitative estimate of drug-likeness (QED) is 0.833. The Hall–Kier alpha value is -0.300. The molecule has 2 rings (SSSR count). The lowest BCUT2D eigenvalue weighted by Crippen LogP contribution is -2.44. The average Bonchev–Trinajstić information content (AvgIpc) is 2.43.